The van der Waals surface area contributed by atoms with Crippen LogP contribution in [0.15, 0.2) is 12.4 Å². The molecule has 0 saturated carbocycles. The number of imidazole rings is 1. The highest BCUT2D eigenvalue weighted by Crippen LogP contribution is 2.08. The van der Waals surface area contributed by atoms with Crippen LogP contribution in [0.25, 0.3) is 0 Å². The van der Waals surface area contributed by atoms with Gasteiger partial charge in [0.2, 0.25) is 0 Å². The van der Waals surface area contributed by atoms with Crippen LogP contribution in [0.2, 0.25) is 0 Å². The monoisotopic (exact) mass is 154 g/mol. The molecule has 0 bridgehead atoms. The summed E-state index contributed by atoms with van der Waals surface area (Å²) in [6.07, 6.45) is 3.81. The summed E-state index contributed by atoms with van der Waals surface area (Å²) in [6, 6.07) is 0. The van der Waals surface area contributed by atoms with Gasteiger partial charge in [0.05, 0.1) is 0 Å². The van der Waals surface area contributed by atoms with E-state index >= 15 is 0 Å². The van der Waals surface area contributed by atoms with Crippen molar-refractivity contribution in [2.24, 2.45) is 0 Å². The van der Waals surface area contributed by atoms with Gasteiger partial charge in [-0.1, -0.05) is 0 Å². The Kier molecular flexibility index (Phi) is 2.65. The lowest BCUT2D eigenvalue weighted by atomic mass is 10.5. The van der Waals surface area contributed by atoms with Crippen LogP contribution in [0.3, 0.4) is 0 Å². The van der Waals surface area contributed by atoms with Gasteiger partial charge in [0.25, 0.3) is 0 Å². The van der Waals surface area contributed by atoms with Gasteiger partial charge >= 0.3 is 0 Å². The van der Waals surface area contributed by atoms with Gasteiger partial charge < -0.3 is 9.30 Å². The van der Waals surface area contributed by atoms with Gasteiger partial charge in [0.1, 0.15) is 12.1 Å². The molecule has 0 aliphatic carbocycles. The zero-order chi connectivity index (χ0) is 8.27. The summed E-state index contributed by atoms with van der Waals surface area (Å²) in [4.78, 5) is 4.10. The van der Waals surface area contributed by atoms with Crippen LogP contribution < -0.4 is 0 Å². The predicted molar refractivity (Wildman–Crippen MR) is 43.3 cm³/mol. The highest BCUT2D eigenvalue weighted by atomic mass is 16.5. The number of aromatic nitrogens is 2. The molecule has 3 nitrogen and oxygen atoms in total. The molecule has 11 heavy (non-hydrogen) atoms. The van der Waals surface area contributed by atoms with Crippen LogP contribution in [0, 0.1) is 6.92 Å². The minimum absolute atomic E-state index is 0.0995. The van der Waals surface area contributed by atoms with Crippen molar-refractivity contribution in [2.45, 2.75) is 27.0 Å². The smallest absolute Gasteiger partial charge is 0.132 e. The van der Waals surface area contributed by atoms with E-state index in [9.17, 15) is 0 Å². The van der Waals surface area contributed by atoms with Crippen molar-refractivity contribution in [3.05, 3.63) is 18.2 Å². The van der Waals surface area contributed by atoms with Crippen LogP contribution in [0.4, 0.5) is 0 Å². The van der Waals surface area contributed by atoms with Crippen molar-refractivity contribution in [3.8, 4) is 0 Å². The van der Waals surface area contributed by atoms with E-state index in [4.69, 9.17) is 4.74 Å². The average molecular weight is 154 g/mol. The number of aryl methyl sites for hydroxylation is 1. The molecule has 62 valence electrons. The van der Waals surface area contributed by atoms with Crippen molar-refractivity contribution < 1.29 is 4.74 Å². The first-order valence-electron chi connectivity index (χ1n) is 3.86. The standard InChI is InChI=1S/C8H14N2O/c1-4-11-8(3)10-6-5-9-7(10)2/h5-6,8H,4H2,1-3H3. The summed E-state index contributed by atoms with van der Waals surface area (Å²) in [6.45, 7) is 6.70. The molecular formula is C8H14N2O. The molecule has 1 atom stereocenters. The van der Waals surface area contributed by atoms with Gasteiger partial charge in [-0.2, -0.15) is 0 Å². The molecule has 3 heteroatoms. The molecule has 0 fully saturated rings. The largest absolute Gasteiger partial charge is 0.359 e. The van der Waals surface area contributed by atoms with E-state index in [1.807, 2.05) is 31.5 Å². The van der Waals surface area contributed by atoms with Crippen molar-refractivity contribution in [2.75, 3.05) is 6.61 Å². The maximum absolute atomic E-state index is 5.39. The van der Waals surface area contributed by atoms with Crippen molar-refractivity contribution >= 4 is 0 Å². The van der Waals surface area contributed by atoms with E-state index in [-0.39, 0.29) is 6.23 Å². The molecule has 0 amide bonds. The van der Waals surface area contributed by atoms with E-state index in [0.29, 0.717) is 0 Å². The number of rotatable bonds is 3. The van der Waals surface area contributed by atoms with Gasteiger partial charge in [0.15, 0.2) is 0 Å². The summed E-state index contributed by atoms with van der Waals surface area (Å²) in [7, 11) is 0. The molecule has 0 aliphatic rings. The summed E-state index contributed by atoms with van der Waals surface area (Å²) in [5.41, 5.74) is 0. The van der Waals surface area contributed by atoms with Crippen LogP contribution in [-0.4, -0.2) is 16.2 Å². The molecule has 1 aromatic heterocycles. The van der Waals surface area contributed by atoms with Crippen molar-refractivity contribution in [1.82, 2.24) is 9.55 Å². The predicted octanol–water partition coefficient (Wildman–Crippen LogP) is 1.75. The Bertz CT molecular complexity index is 220. The second-order valence-corrected chi connectivity index (χ2v) is 2.44. The van der Waals surface area contributed by atoms with Crippen molar-refractivity contribution in [1.29, 1.82) is 0 Å². The van der Waals surface area contributed by atoms with E-state index < -0.39 is 0 Å². The highest BCUT2D eigenvalue weighted by Gasteiger charge is 2.04. The summed E-state index contributed by atoms with van der Waals surface area (Å²) in [5, 5.41) is 0. The molecular weight excluding hydrogens is 140 g/mol. The molecule has 0 aliphatic heterocycles. The Hall–Kier alpha value is -0.830. The second-order valence-electron chi connectivity index (χ2n) is 2.44. The fourth-order valence-corrected chi connectivity index (χ4v) is 1.09. The summed E-state index contributed by atoms with van der Waals surface area (Å²) < 4.78 is 7.39. The molecule has 1 aromatic rings. The van der Waals surface area contributed by atoms with E-state index in [0.717, 1.165) is 12.4 Å². The van der Waals surface area contributed by atoms with Gasteiger partial charge in [-0.25, -0.2) is 4.98 Å². The quantitative estimate of drug-likeness (QED) is 0.663. The third-order valence-corrected chi connectivity index (χ3v) is 1.66. The first kappa shape index (κ1) is 8.27. The normalized spacial score (nSPS) is 13.4. The number of nitrogens with zero attached hydrogens (tertiary/aromatic N) is 2. The average Bonchev–Trinajstić information content (AvgIpc) is 2.36. The first-order valence-corrected chi connectivity index (χ1v) is 3.86. The zero-order valence-electron chi connectivity index (χ0n) is 7.24. The Morgan fingerprint density at radius 1 is 1.73 bits per heavy atom. The van der Waals surface area contributed by atoms with E-state index in [1.54, 1.807) is 6.20 Å². The highest BCUT2D eigenvalue weighted by molar-refractivity contribution is 4.89. The Morgan fingerprint density at radius 2 is 2.45 bits per heavy atom. The molecule has 0 aromatic carbocycles. The topological polar surface area (TPSA) is 27.1 Å². The van der Waals surface area contributed by atoms with Gasteiger partial charge in [0, 0.05) is 19.0 Å². The van der Waals surface area contributed by atoms with Gasteiger partial charge in [-0.05, 0) is 20.8 Å². The second kappa shape index (κ2) is 3.53. The fraction of sp³-hybridized carbons (Fsp3) is 0.625. The molecule has 0 radical (unpaired) electrons. The SMILES string of the molecule is CCOC(C)n1ccnc1C. The fourth-order valence-electron chi connectivity index (χ4n) is 1.09. The van der Waals surface area contributed by atoms with Crippen LogP contribution in [0.1, 0.15) is 25.9 Å². The molecule has 1 rings (SSSR count). The van der Waals surface area contributed by atoms with E-state index in [1.165, 1.54) is 0 Å². The third-order valence-electron chi connectivity index (χ3n) is 1.66. The van der Waals surface area contributed by atoms with Gasteiger partial charge in [-0.3, -0.25) is 0 Å². The lowest BCUT2D eigenvalue weighted by molar-refractivity contribution is 0.0234. The van der Waals surface area contributed by atoms with Crippen LogP contribution in [0.5, 0.6) is 0 Å². The molecule has 0 saturated heterocycles. The Morgan fingerprint density at radius 3 is 2.91 bits per heavy atom. The minimum Gasteiger partial charge on any atom is -0.359 e. The molecule has 0 spiro atoms. The van der Waals surface area contributed by atoms with E-state index in [2.05, 4.69) is 4.98 Å². The minimum atomic E-state index is 0.0995. The number of hydrogen-bond donors (Lipinski definition) is 0. The van der Waals surface area contributed by atoms with Gasteiger partial charge in [-0.15, -0.1) is 0 Å². The molecule has 0 N–H and O–H groups in total. The van der Waals surface area contributed by atoms with Crippen LogP contribution in [-0.2, 0) is 4.74 Å². The van der Waals surface area contributed by atoms with Crippen LogP contribution >= 0.6 is 0 Å². The Balaban J connectivity index is 2.67. The summed E-state index contributed by atoms with van der Waals surface area (Å²) >= 11 is 0. The third kappa shape index (κ3) is 1.80. The number of ether oxygens (including phenoxy) is 1. The zero-order valence-corrected chi connectivity index (χ0v) is 7.24. The lowest BCUT2D eigenvalue weighted by Gasteiger charge is -2.14. The first-order chi connectivity index (χ1) is 5.25. The number of hydrogen-bond acceptors (Lipinski definition) is 2. The maximum atomic E-state index is 5.39. The summed E-state index contributed by atoms with van der Waals surface area (Å²) in [5.74, 6) is 0.992. The molecule has 1 heterocycles. The maximum Gasteiger partial charge on any atom is 0.132 e. The van der Waals surface area contributed by atoms with Crippen molar-refractivity contribution in [3.63, 3.8) is 0 Å². The lowest BCUT2D eigenvalue weighted by Crippen LogP contribution is -2.09. The molecule has 1 unspecified atom stereocenters. The Labute approximate surface area is 67.0 Å².